The van der Waals surface area contributed by atoms with Crippen LogP contribution in [0.2, 0.25) is 5.15 Å². The lowest BCUT2D eigenvalue weighted by Crippen LogP contribution is -2.62. The predicted molar refractivity (Wildman–Crippen MR) is 58.9 cm³/mol. The van der Waals surface area contributed by atoms with Crippen LogP contribution in [0.3, 0.4) is 0 Å². The van der Waals surface area contributed by atoms with Gasteiger partial charge in [0, 0.05) is 24.5 Å². The quantitative estimate of drug-likeness (QED) is 0.795. The fraction of sp³-hybridized carbons (Fsp3) is 0.667. The van der Waals surface area contributed by atoms with Crippen LogP contribution < -0.4 is 10.6 Å². The number of halogens is 1. The van der Waals surface area contributed by atoms with Gasteiger partial charge in [-0.15, -0.1) is 11.3 Å². The maximum absolute atomic E-state index is 6.00. The second-order valence-electron chi connectivity index (χ2n) is 4.19. The Kier molecular flexibility index (Phi) is 1.97. The van der Waals surface area contributed by atoms with Gasteiger partial charge in [-0.3, -0.25) is 0 Å². The van der Waals surface area contributed by atoms with Crippen LogP contribution in [0.4, 0.5) is 5.13 Å². The zero-order valence-corrected chi connectivity index (χ0v) is 9.26. The first-order valence-corrected chi connectivity index (χ1v) is 6.11. The number of rotatable bonds is 1. The smallest absolute Gasteiger partial charge is 0.186 e. The summed E-state index contributed by atoms with van der Waals surface area (Å²) in [5.74, 6) is 1.35. The van der Waals surface area contributed by atoms with E-state index in [1.165, 1.54) is 6.42 Å². The molecule has 1 aromatic rings. The molecule has 2 N–H and O–H groups in total. The summed E-state index contributed by atoms with van der Waals surface area (Å²) in [5, 5.41) is 3.54. The molecule has 0 aromatic carbocycles. The topological polar surface area (TPSA) is 42.1 Å². The summed E-state index contributed by atoms with van der Waals surface area (Å²) in [4.78, 5) is 6.60. The highest BCUT2D eigenvalue weighted by Crippen LogP contribution is 2.41. The summed E-state index contributed by atoms with van der Waals surface area (Å²) < 4.78 is 0. The molecule has 2 unspecified atom stereocenters. The van der Waals surface area contributed by atoms with E-state index in [2.05, 4.69) is 9.88 Å². The number of thiazole rings is 1. The molecular formula is C9H12ClN3S. The van der Waals surface area contributed by atoms with E-state index in [1.54, 1.807) is 11.3 Å². The van der Waals surface area contributed by atoms with Crippen molar-refractivity contribution in [1.29, 1.82) is 0 Å². The van der Waals surface area contributed by atoms with Crippen LogP contribution >= 0.6 is 22.9 Å². The molecule has 1 aromatic heterocycles. The second kappa shape index (κ2) is 3.08. The van der Waals surface area contributed by atoms with Gasteiger partial charge >= 0.3 is 0 Å². The highest BCUT2D eigenvalue weighted by atomic mass is 35.5. The lowest BCUT2D eigenvalue weighted by atomic mass is 9.67. The Hall–Kier alpha value is -0.320. The molecule has 2 bridgehead atoms. The molecule has 0 spiro atoms. The fourth-order valence-electron chi connectivity index (χ4n) is 2.47. The number of anilines is 1. The third-order valence-electron chi connectivity index (χ3n) is 3.34. The lowest BCUT2D eigenvalue weighted by molar-refractivity contribution is 0.116. The monoisotopic (exact) mass is 229 g/mol. The van der Waals surface area contributed by atoms with Crippen LogP contribution in [0.1, 0.15) is 6.42 Å². The van der Waals surface area contributed by atoms with Gasteiger partial charge in [-0.25, -0.2) is 4.98 Å². The maximum Gasteiger partial charge on any atom is 0.186 e. The number of fused-ring (bicyclic) bond motifs is 2. The highest BCUT2D eigenvalue weighted by molar-refractivity contribution is 7.14. The minimum atomic E-state index is 0.432. The molecule has 2 atom stereocenters. The van der Waals surface area contributed by atoms with Gasteiger partial charge in [0.2, 0.25) is 0 Å². The molecule has 0 radical (unpaired) electrons. The van der Waals surface area contributed by atoms with Crippen molar-refractivity contribution < 1.29 is 0 Å². The first-order valence-electron chi connectivity index (χ1n) is 4.85. The van der Waals surface area contributed by atoms with Crippen molar-refractivity contribution in [3.63, 3.8) is 0 Å². The van der Waals surface area contributed by atoms with Crippen LogP contribution in [0.15, 0.2) is 5.38 Å². The van der Waals surface area contributed by atoms with E-state index in [9.17, 15) is 0 Å². The normalized spacial score (nSPS) is 35.6. The average Bonchev–Trinajstić information content (AvgIpc) is 2.64. The summed E-state index contributed by atoms with van der Waals surface area (Å²) >= 11 is 7.43. The number of hydrogen-bond acceptors (Lipinski definition) is 4. The number of nitrogens with zero attached hydrogens (tertiary/aromatic N) is 2. The summed E-state index contributed by atoms with van der Waals surface area (Å²) in [6.07, 6.45) is 1.30. The maximum atomic E-state index is 6.00. The van der Waals surface area contributed by atoms with Crippen LogP contribution in [0.5, 0.6) is 0 Å². The highest BCUT2D eigenvalue weighted by Gasteiger charge is 2.44. The molecule has 14 heavy (non-hydrogen) atoms. The van der Waals surface area contributed by atoms with Gasteiger partial charge < -0.3 is 10.6 Å². The molecule has 5 heteroatoms. The zero-order chi connectivity index (χ0) is 9.71. The van der Waals surface area contributed by atoms with Crippen molar-refractivity contribution in [2.24, 2.45) is 17.6 Å². The SMILES string of the molecule is NC1C2CC1CN(c1nc(Cl)cs1)C2. The van der Waals surface area contributed by atoms with E-state index in [4.69, 9.17) is 17.3 Å². The molecule has 3 aliphatic rings. The van der Waals surface area contributed by atoms with Crippen molar-refractivity contribution in [1.82, 2.24) is 4.98 Å². The Bertz CT molecular complexity index is 342. The second-order valence-corrected chi connectivity index (χ2v) is 5.41. The van der Waals surface area contributed by atoms with E-state index in [0.717, 1.165) is 18.2 Å². The number of piperidine rings is 2. The van der Waals surface area contributed by atoms with Crippen LogP contribution in [0.25, 0.3) is 0 Å². The van der Waals surface area contributed by atoms with Crippen molar-refractivity contribution in [3.05, 3.63) is 10.5 Å². The minimum Gasteiger partial charge on any atom is -0.347 e. The van der Waals surface area contributed by atoms with Gasteiger partial charge in [0.25, 0.3) is 0 Å². The average molecular weight is 230 g/mol. The van der Waals surface area contributed by atoms with E-state index in [0.29, 0.717) is 23.0 Å². The van der Waals surface area contributed by atoms with Gasteiger partial charge in [-0.05, 0) is 18.3 Å². The molecule has 2 aliphatic heterocycles. The van der Waals surface area contributed by atoms with Gasteiger partial charge in [0.1, 0.15) is 5.15 Å². The Morgan fingerprint density at radius 3 is 2.71 bits per heavy atom. The summed E-state index contributed by atoms with van der Waals surface area (Å²) in [6, 6.07) is 0.432. The zero-order valence-electron chi connectivity index (χ0n) is 7.69. The third kappa shape index (κ3) is 1.25. The molecule has 3 heterocycles. The predicted octanol–water partition coefficient (Wildman–Crippen LogP) is 1.58. The van der Waals surface area contributed by atoms with Crippen molar-refractivity contribution in [2.45, 2.75) is 12.5 Å². The first-order chi connectivity index (χ1) is 6.74. The van der Waals surface area contributed by atoms with Crippen LogP contribution in [-0.2, 0) is 0 Å². The lowest BCUT2D eigenvalue weighted by Gasteiger charge is -2.52. The van der Waals surface area contributed by atoms with E-state index in [-0.39, 0.29) is 0 Å². The van der Waals surface area contributed by atoms with Crippen molar-refractivity contribution in [3.8, 4) is 0 Å². The standard InChI is InChI=1S/C9H12ClN3S/c10-7-4-14-9(12-7)13-2-5-1-6(3-13)8(5)11/h4-6,8H,1-3,11H2. The molecule has 2 saturated heterocycles. The Morgan fingerprint density at radius 2 is 2.21 bits per heavy atom. The van der Waals surface area contributed by atoms with Gasteiger partial charge in [0.05, 0.1) is 0 Å². The Labute approximate surface area is 91.9 Å². The molecule has 0 amide bonds. The van der Waals surface area contributed by atoms with E-state index in [1.807, 2.05) is 5.38 Å². The van der Waals surface area contributed by atoms with Gasteiger partial charge in [-0.2, -0.15) is 0 Å². The Morgan fingerprint density at radius 1 is 1.50 bits per heavy atom. The molecule has 76 valence electrons. The molecule has 3 fully saturated rings. The molecule has 1 saturated carbocycles. The third-order valence-corrected chi connectivity index (χ3v) is 4.56. The minimum absolute atomic E-state index is 0.432. The summed E-state index contributed by atoms with van der Waals surface area (Å²) in [6.45, 7) is 2.11. The number of nitrogens with two attached hydrogens (primary N) is 1. The number of hydrogen-bond donors (Lipinski definition) is 1. The largest absolute Gasteiger partial charge is 0.347 e. The van der Waals surface area contributed by atoms with Crippen molar-refractivity contribution >= 4 is 28.1 Å². The Balaban J connectivity index is 1.77. The number of aromatic nitrogens is 1. The van der Waals surface area contributed by atoms with E-state index < -0.39 is 0 Å². The van der Waals surface area contributed by atoms with Gasteiger partial charge in [-0.1, -0.05) is 11.6 Å². The van der Waals surface area contributed by atoms with Gasteiger partial charge in [0.15, 0.2) is 5.13 Å². The van der Waals surface area contributed by atoms with Crippen molar-refractivity contribution in [2.75, 3.05) is 18.0 Å². The fourth-order valence-corrected chi connectivity index (χ4v) is 3.44. The summed E-state index contributed by atoms with van der Waals surface area (Å²) in [7, 11) is 0. The molecule has 3 nitrogen and oxygen atoms in total. The van der Waals surface area contributed by atoms with E-state index >= 15 is 0 Å². The summed E-state index contributed by atoms with van der Waals surface area (Å²) in [5.41, 5.74) is 6.00. The molecular weight excluding hydrogens is 218 g/mol. The molecule has 4 rings (SSSR count). The molecule has 1 aliphatic carbocycles. The van der Waals surface area contributed by atoms with Crippen LogP contribution in [-0.4, -0.2) is 24.1 Å². The first kappa shape index (κ1) is 8.95. The van der Waals surface area contributed by atoms with Crippen LogP contribution in [0, 0.1) is 11.8 Å².